The standard InChI is InChI=1S/C16H15NO2/c1-12(18)15-6-3-7-16(9-15)19-11-14-5-2-4-13(8-14)10-17/h2-9,12,18H,11H2,1H3/t12-/m0/s1. The smallest absolute Gasteiger partial charge is 0.120 e. The topological polar surface area (TPSA) is 53.2 Å². The largest absolute Gasteiger partial charge is 0.489 e. The van der Waals surface area contributed by atoms with E-state index in [2.05, 4.69) is 6.07 Å². The van der Waals surface area contributed by atoms with E-state index in [4.69, 9.17) is 10.00 Å². The van der Waals surface area contributed by atoms with Crippen LogP contribution in [0.15, 0.2) is 48.5 Å². The Labute approximate surface area is 112 Å². The maximum absolute atomic E-state index is 9.51. The number of aliphatic hydroxyl groups excluding tert-OH is 1. The summed E-state index contributed by atoms with van der Waals surface area (Å²) in [6, 6.07) is 16.8. The second-order valence-electron chi connectivity index (χ2n) is 4.35. The van der Waals surface area contributed by atoms with Crippen LogP contribution in [0.3, 0.4) is 0 Å². The van der Waals surface area contributed by atoms with Crippen LogP contribution in [0.5, 0.6) is 5.75 Å². The Morgan fingerprint density at radius 2 is 2.00 bits per heavy atom. The monoisotopic (exact) mass is 253 g/mol. The van der Waals surface area contributed by atoms with Crippen LogP contribution in [0.1, 0.15) is 29.7 Å². The molecule has 0 aliphatic rings. The first kappa shape index (κ1) is 13.1. The number of hydrogen-bond donors (Lipinski definition) is 1. The Morgan fingerprint density at radius 1 is 1.21 bits per heavy atom. The van der Waals surface area contributed by atoms with Crippen LogP contribution in [-0.2, 0) is 6.61 Å². The first-order chi connectivity index (χ1) is 9.19. The molecule has 1 atom stereocenters. The summed E-state index contributed by atoms with van der Waals surface area (Å²) in [5.74, 6) is 0.709. The van der Waals surface area contributed by atoms with Crippen molar-refractivity contribution < 1.29 is 9.84 Å². The Bertz CT molecular complexity index is 600. The summed E-state index contributed by atoms with van der Waals surface area (Å²) in [5.41, 5.74) is 2.39. The third-order valence-corrected chi connectivity index (χ3v) is 2.80. The zero-order valence-corrected chi connectivity index (χ0v) is 10.7. The quantitative estimate of drug-likeness (QED) is 0.910. The van der Waals surface area contributed by atoms with Crippen molar-refractivity contribution in [1.29, 1.82) is 5.26 Å². The van der Waals surface area contributed by atoms with E-state index >= 15 is 0 Å². The van der Waals surface area contributed by atoms with Crippen LogP contribution in [0.4, 0.5) is 0 Å². The molecule has 0 fully saturated rings. The van der Waals surface area contributed by atoms with Crippen LogP contribution in [0.25, 0.3) is 0 Å². The van der Waals surface area contributed by atoms with Gasteiger partial charge in [-0.2, -0.15) is 5.26 Å². The zero-order chi connectivity index (χ0) is 13.7. The lowest BCUT2D eigenvalue weighted by Gasteiger charge is -2.09. The number of hydrogen-bond acceptors (Lipinski definition) is 3. The molecule has 2 rings (SSSR count). The molecule has 0 aliphatic carbocycles. The highest BCUT2D eigenvalue weighted by atomic mass is 16.5. The average molecular weight is 253 g/mol. The van der Waals surface area contributed by atoms with Crippen molar-refractivity contribution in [1.82, 2.24) is 0 Å². The lowest BCUT2D eigenvalue weighted by molar-refractivity contribution is 0.198. The molecule has 0 bridgehead atoms. The van der Waals surface area contributed by atoms with Gasteiger partial charge in [0.15, 0.2) is 0 Å². The van der Waals surface area contributed by atoms with E-state index in [0.29, 0.717) is 17.9 Å². The minimum atomic E-state index is -0.509. The number of nitriles is 1. The van der Waals surface area contributed by atoms with Crippen LogP contribution in [-0.4, -0.2) is 5.11 Å². The van der Waals surface area contributed by atoms with E-state index in [1.54, 1.807) is 19.1 Å². The summed E-state index contributed by atoms with van der Waals surface area (Å²) >= 11 is 0. The van der Waals surface area contributed by atoms with Gasteiger partial charge in [-0.25, -0.2) is 0 Å². The number of nitrogens with zero attached hydrogens (tertiary/aromatic N) is 1. The first-order valence-corrected chi connectivity index (χ1v) is 6.09. The van der Waals surface area contributed by atoms with Gasteiger partial charge in [0.1, 0.15) is 12.4 Å². The van der Waals surface area contributed by atoms with E-state index < -0.39 is 6.10 Å². The Morgan fingerprint density at radius 3 is 2.74 bits per heavy atom. The summed E-state index contributed by atoms with van der Waals surface area (Å²) in [6.45, 7) is 2.12. The maximum Gasteiger partial charge on any atom is 0.120 e. The molecular formula is C16H15NO2. The van der Waals surface area contributed by atoms with Crippen molar-refractivity contribution in [3.05, 3.63) is 65.2 Å². The maximum atomic E-state index is 9.51. The molecule has 1 N–H and O–H groups in total. The van der Waals surface area contributed by atoms with Crippen LogP contribution < -0.4 is 4.74 Å². The molecule has 3 nitrogen and oxygen atoms in total. The summed E-state index contributed by atoms with van der Waals surface area (Å²) in [5, 5.41) is 18.3. The van der Waals surface area contributed by atoms with Crippen LogP contribution >= 0.6 is 0 Å². The summed E-state index contributed by atoms with van der Waals surface area (Å²) in [4.78, 5) is 0. The fourth-order valence-electron chi connectivity index (χ4n) is 1.76. The minimum absolute atomic E-state index is 0.402. The molecule has 2 aromatic rings. The van der Waals surface area contributed by atoms with Crippen molar-refractivity contribution in [2.45, 2.75) is 19.6 Å². The minimum Gasteiger partial charge on any atom is -0.489 e. The second kappa shape index (κ2) is 6.03. The van der Waals surface area contributed by atoms with Gasteiger partial charge < -0.3 is 9.84 Å². The van der Waals surface area contributed by atoms with Gasteiger partial charge in [-0.1, -0.05) is 24.3 Å². The molecular weight excluding hydrogens is 238 g/mol. The highest BCUT2D eigenvalue weighted by Crippen LogP contribution is 2.19. The number of rotatable bonds is 4. The highest BCUT2D eigenvalue weighted by molar-refractivity contribution is 5.33. The van der Waals surface area contributed by atoms with Gasteiger partial charge in [0.05, 0.1) is 17.7 Å². The van der Waals surface area contributed by atoms with Crippen molar-refractivity contribution in [3.63, 3.8) is 0 Å². The lowest BCUT2D eigenvalue weighted by Crippen LogP contribution is -1.97. The normalized spacial score (nSPS) is 11.6. The molecule has 0 amide bonds. The lowest BCUT2D eigenvalue weighted by atomic mass is 10.1. The molecule has 0 spiro atoms. The highest BCUT2D eigenvalue weighted by Gasteiger charge is 2.03. The van der Waals surface area contributed by atoms with E-state index in [1.165, 1.54) is 0 Å². The SMILES string of the molecule is C[C@H](O)c1cccc(OCc2cccc(C#N)c2)c1. The van der Waals surface area contributed by atoms with Crippen molar-refractivity contribution in [2.75, 3.05) is 0 Å². The molecule has 0 heterocycles. The molecule has 19 heavy (non-hydrogen) atoms. The molecule has 0 unspecified atom stereocenters. The summed E-state index contributed by atoms with van der Waals surface area (Å²) in [7, 11) is 0. The predicted octanol–water partition coefficient (Wildman–Crippen LogP) is 3.19. The van der Waals surface area contributed by atoms with Crippen molar-refractivity contribution in [3.8, 4) is 11.8 Å². The van der Waals surface area contributed by atoms with Gasteiger partial charge in [-0.15, -0.1) is 0 Å². The molecule has 2 aromatic carbocycles. The third-order valence-electron chi connectivity index (χ3n) is 2.80. The van der Waals surface area contributed by atoms with Crippen LogP contribution in [0, 0.1) is 11.3 Å². The average Bonchev–Trinajstić information content (AvgIpc) is 2.45. The van der Waals surface area contributed by atoms with Gasteiger partial charge >= 0.3 is 0 Å². The molecule has 96 valence electrons. The Balaban J connectivity index is 2.06. The zero-order valence-electron chi connectivity index (χ0n) is 10.7. The van der Waals surface area contributed by atoms with E-state index in [9.17, 15) is 5.11 Å². The summed E-state index contributed by atoms with van der Waals surface area (Å²) in [6.07, 6.45) is -0.509. The van der Waals surface area contributed by atoms with Gasteiger partial charge in [0.25, 0.3) is 0 Å². The predicted molar refractivity (Wildman–Crippen MR) is 72.6 cm³/mol. The van der Waals surface area contributed by atoms with Crippen LogP contribution in [0.2, 0.25) is 0 Å². The molecule has 0 aromatic heterocycles. The van der Waals surface area contributed by atoms with Gasteiger partial charge in [-0.3, -0.25) is 0 Å². The Kier molecular flexibility index (Phi) is 4.17. The van der Waals surface area contributed by atoms with E-state index in [0.717, 1.165) is 11.1 Å². The van der Waals surface area contributed by atoms with Gasteiger partial charge in [-0.05, 0) is 42.3 Å². The second-order valence-corrected chi connectivity index (χ2v) is 4.35. The van der Waals surface area contributed by atoms with Gasteiger partial charge in [0.2, 0.25) is 0 Å². The van der Waals surface area contributed by atoms with E-state index in [-0.39, 0.29) is 0 Å². The molecule has 3 heteroatoms. The molecule has 0 saturated heterocycles. The summed E-state index contributed by atoms with van der Waals surface area (Å²) < 4.78 is 5.66. The fraction of sp³-hybridized carbons (Fsp3) is 0.188. The number of ether oxygens (including phenoxy) is 1. The molecule has 0 radical (unpaired) electrons. The molecule has 0 saturated carbocycles. The van der Waals surface area contributed by atoms with E-state index in [1.807, 2.05) is 36.4 Å². The van der Waals surface area contributed by atoms with Crippen molar-refractivity contribution in [2.24, 2.45) is 0 Å². The van der Waals surface area contributed by atoms with Crippen molar-refractivity contribution >= 4 is 0 Å². The number of aliphatic hydroxyl groups is 1. The van der Waals surface area contributed by atoms with Gasteiger partial charge in [0, 0.05) is 0 Å². The first-order valence-electron chi connectivity index (χ1n) is 6.09. The number of benzene rings is 2. The third kappa shape index (κ3) is 3.57. The fourth-order valence-corrected chi connectivity index (χ4v) is 1.76. The Hall–Kier alpha value is -2.31. The molecule has 0 aliphatic heterocycles.